The van der Waals surface area contributed by atoms with Gasteiger partial charge in [0.15, 0.2) is 6.61 Å². The topological polar surface area (TPSA) is 75.6 Å². The van der Waals surface area contributed by atoms with Crippen molar-refractivity contribution < 1.29 is 19.4 Å². The summed E-state index contributed by atoms with van der Waals surface area (Å²) in [4.78, 5) is 21.8. The van der Waals surface area contributed by atoms with Gasteiger partial charge in [-0.2, -0.15) is 0 Å². The molecule has 0 spiro atoms. The molecule has 0 saturated carbocycles. The van der Waals surface area contributed by atoms with E-state index in [1.165, 1.54) is 6.92 Å². The number of benzene rings is 1. The molecular weight excluding hydrogens is 337 g/mol. The number of rotatable bonds is 5. The Labute approximate surface area is 112 Å². The molecule has 1 aromatic rings. The van der Waals surface area contributed by atoms with E-state index in [1.54, 1.807) is 12.1 Å². The van der Waals surface area contributed by atoms with Crippen LogP contribution in [0.15, 0.2) is 24.3 Å². The van der Waals surface area contributed by atoms with Gasteiger partial charge >= 0.3 is 5.97 Å². The van der Waals surface area contributed by atoms with Gasteiger partial charge in [0.25, 0.3) is 5.91 Å². The van der Waals surface area contributed by atoms with E-state index in [0.717, 1.165) is 3.57 Å². The zero-order chi connectivity index (χ0) is 12.8. The fourth-order valence-electron chi connectivity index (χ4n) is 1.05. The van der Waals surface area contributed by atoms with E-state index in [0.29, 0.717) is 5.75 Å². The maximum absolute atomic E-state index is 11.3. The monoisotopic (exact) mass is 349 g/mol. The molecule has 0 fully saturated rings. The van der Waals surface area contributed by atoms with Crippen molar-refractivity contribution in [3.05, 3.63) is 27.8 Å². The number of carboxylic acids is 1. The van der Waals surface area contributed by atoms with E-state index in [1.807, 2.05) is 12.1 Å². The van der Waals surface area contributed by atoms with Gasteiger partial charge in [-0.25, -0.2) is 0 Å². The number of halogens is 1. The summed E-state index contributed by atoms with van der Waals surface area (Å²) in [6.45, 7) is 1.20. The number of aliphatic carboxylic acids is 1. The largest absolute Gasteiger partial charge is 0.484 e. The molecule has 0 aromatic heterocycles. The lowest BCUT2D eigenvalue weighted by atomic mass is 10.3. The number of carbonyl (C=O) groups is 2. The van der Waals surface area contributed by atoms with Crippen LogP contribution in [0.4, 0.5) is 0 Å². The predicted molar refractivity (Wildman–Crippen MR) is 69.9 cm³/mol. The van der Waals surface area contributed by atoms with Gasteiger partial charge in [0.2, 0.25) is 0 Å². The van der Waals surface area contributed by atoms with Crippen molar-refractivity contribution in [2.75, 3.05) is 6.61 Å². The molecule has 1 amide bonds. The van der Waals surface area contributed by atoms with Crippen LogP contribution in [-0.2, 0) is 9.59 Å². The summed E-state index contributed by atoms with van der Waals surface area (Å²) in [6, 6.07) is 6.32. The number of ether oxygens (including phenoxy) is 1. The highest BCUT2D eigenvalue weighted by Gasteiger charge is 2.13. The first-order chi connectivity index (χ1) is 7.99. The average molecular weight is 349 g/mol. The summed E-state index contributed by atoms with van der Waals surface area (Å²) in [5, 5.41) is 10.9. The third-order valence-corrected chi connectivity index (χ3v) is 2.58. The number of hydrogen-bond acceptors (Lipinski definition) is 3. The molecule has 92 valence electrons. The van der Waals surface area contributed by atoms with Crippen molar-refractivity contribution in [2.24, 2.45) is 0 Å². The summed E-state index contributed by atoms with van der Waals surface area (Å²) in [5.41, 5.74) is 0. The molecule has 0 heterocycles. The van der Waals surface area contributed by atoms with Gasteiger partial charge in [0, 0.05) is 3.57 Å². The second kappa shape index (κ2) is 6.43. The summed E-state index contributed by atoms with van der Waals surface area (Å²) < 4.78 is 6.22. The lowest BCUT2D eigenvalue weighted by Crippen LogP contribution is -2.40. The lowest BCUT2D eigenvalue weighted by molar-refractivity contribution is -0.141. The highest BCUT2D eigenvalue weighted by atomic mass is 127. The summed E-state index contributed by atoms with van der Waals surface area (Å²) >= 11 is 2.13. The van der Waals surface area contributed by atoms with Gasteiger partial charge in [0.1, 0.15) is 11.8 Å². The Morgan fingerprint density at radius 1 is 1.53 bits per heavy atom. The van der Waals surface area contributed by atoms with Crippen LogP contribution in [0.2, 0.25) is 0 Å². The zero-order valence-electron chi connectivity index (χ0n) is 9.14. The first-order valence-corrected chi connectivity index (χ1v) is 5.97. The van der Waals surface area contributed by atoms with Crippen molar-refractivity contribution in [3.8, 4) is 5.75 Å². The molecule has 1 atom stereocenters. The highest BCUT2D eigenvalue weighted by Crippen LogP contribution is 2.14. The number of carboxylic acid groups (broad SMARTS) is 1. The average Bonchev–Trinajstić information content (AvgIpc) is 2.26. The van der Waals surface area contributed by atoms with Crippen LogP contribution < -0.4 is 10.1 Å². The molecule has 0 aliphatic rings. The van der Waals surface area contributed by atoms with Gasteiger partial charge in [-0.15, -0.1) is 0 Å². The fraction of sp³-hybridized carbons (Fsp3) is 0.273. The number of carbonyl (C=O) groups excluding carboxylic acids is 1. The molecule has 1 aromatic carbocycles. The molecule has 0 radical (unpaired) electrons. The molecule has 17 heavy (non-hydrogen) atoms. The Morgan fingerprint density at radius 2 is 2.24 bits per heavy atom. The van der Waals surface area contributed by atoms with Gasteiger partial charge in [-0.05, 0) is 47.7 Å². The van der Waals surface area contributed by atoms with Crippen LogP contribution in [0.5, 0.6) is 5.75 Å². The Hall–Kier alpha value is -1.31. The Morgan fingerprint density at radius 3 is 2.82 bits per heavy atom. The van der Waals surface area contributed by atoms with Crippen molar-refractivity contribution in [2.45, 2.75) is 13.0 Å². The van der Waals surface area contributed by atoms with Crippen LogP contribution in [0.3, 0.4) is 0 Å². The van der Waals surface area contributed by atoms with Crippen LogP contribution in [0.25, 0.3) is 0 Å². The molecule has 1 rings (SSSR count). The van der Waals surface area contributed by atoms with E-state index < -0.39 is 17.9 Å². The molecule has 0 unspecified atom stereocenters. The second-order valence-corrected chi connectivity index (χ2v) is 4.62. The van der Waals surface area contributed by atoms with Crippen LogP contribution in [0, 0.1) is 3.57 Å². The molecule has 5 nitrogen and oxygen atoms in total. The molecular formula is C11H12INO4. The number of nitrogens with one attached hydrogen (secondary N) is 1. The lowest BCUT2D eigenvalue weighted by Gasteiger charge is -2.10. The number of amides is 1. The van der Waals surface area contributed by atoms with Crippen LogP contribution in [0.1, 0.15) is 6.92 Å². The normalized spacial score (nSPS) is 11.6. The Kier molecular flexibility index (Phi) is 5.20. The Balaban J connectivity index is 2.41. The summed E-state index contributed by atoms with van der Waals surface area (Å²) in [7, 11) is 0. The Bertz CT molecular complexity index is 422. The van der Waals surface area contributed by atoms with Gasteiger partial charge in [-0.3, -0.25) is 9.59 Å². The van der Waals surface area contributed by atoms with Gasteiger partial charge in [0.05, 0.1) is 0 Å². The van der Waals surface area contributed by atoms with Crippen molar-refractivity contribution in [1.29, 1.82) is 0 Å². The minimum atomic E-state index is -1.08. The zero-order valence-corrected chi connectivity index (χ0v) is 11.3. The SMILES string of the molecule is C[C@@H](NC(=O)COc1cccc(I)c1)C(=O)O. The molecule has 0 saturated heterocycles. The summed E-state index contributed by atoms with van der Waals surface area (Å²) in [5.74, 6) is -0.957. The fourth-order valence-corrected chi connectivity index (χ4v) is 1.57. The molecule has 0 aliphatic heterocycles. The van der Waals surface area contributed by atoms with Crippen molar-refractivity contribution in [3.63, 3.8) is 0 Å². The molecule has 0 aliphatic carbocycles. The minimum absolute atomic E-state index is 0.197. The summed E-state index contributed by atoms with van der Waals surface area (Å²) in [6.07, 6.45) is 0. The standard InChI is InChI=1S/C11H12INO4/c1-7(11(15)16)13-10(14)6-17-9-4-2-3-8(12)5-9/h2-5,7H,6H2,1H3,(H,13,14)(H,15,16)/t7-/m1/s1. The minimum Gasteiger partial charge on any atom is -0.484 e. The molecule has 0 bridgehead atoms. The van der Waals surface area contributed by atoms with E-state index >= 15 is 0 Å². The maximum atomic E-state index is 11.3. The highest BCUT2D eigenvalue weighted by molar-refractivity contribution is 14.1. The van der Waals surface area contributed by atoms with E-state index in [4.69, 9.17) is 9.84 Å². The third-order valence-electron chi connectivity index (χ3n) is 1.91. The maximum Gasteiger partial charge on any atom is 0.325 e. The number of hydrogen-bond donors (Lipinski definition) is 2. The second-order valence-electron chi connectivity index (χ2n) is 3.37. The third kappa shape index (κ3) is 5.03. The first-order valence-electron chi connectivity index (χ1n) is 4.89. The van der Waals surface area contributed by atoms with E-state index in [-0.39, 0.29) is 6.61 Å². The van der Waals surface area contributed by atoms with E-state index in [9.17, 15) is 9.59 Å². The van der Waals surface area contributed by atoms with Crippen LogP contribution in [-0.4, -0.2) is 29.6 Å². The van der Waals surface area contributed by atoms with Crippen LogP contribution >= 0.6 is 22.6 Å². The smallest absolute Gasteiger partial charge is 0.325 e. The van der Waals surface area contributed by atoms with Crippen molar-refractivity contribution in [1.82, 2.24) is 5.32 Å². The van der Waals surface area contributed by atoms with Crippen molar-refractivity contribution >= 4 is 34.5 Å². The quantitative estimate of drug-likeness (QED) is 0.785. The van der Waals surface area contributed by atoms with E-state index in [2.05, 4.69) is 27.9 Å². The molecule has 6 heteroatoms. The molecule has 2 N–H and O–H groups in total. The predicted octanol–water partition coefficient (Wildman–Crippen LogP) is 1.26. The van der Waals surface area contributed by atoms with Gasteiger partial charge in [-0.1, -0.05) is 6.07 Å². The van der Waals surface area contributed by atoms with Gasteiger partial charge < -0.3 is 15.2 Å². The first kappa shape index (κ1) is 13.8.